The second kappa shape index (κ2) is 9.69. The summed E-state index contributed by atoms with van der Waals surface area (Å²) in [5.41, 5.74) is 3.93. The Morgan fingerprint density at radius 2 is 1.93 bits per heavy atom. The minimum absolute atomic E-state index is 0.0214. The molecule has 2 aromatic carbocycles. The van der Waals surface area contributed by atoms with Crippen LogP contribution in [-0.4, -0.2) is 63.9 Å². The summed E-state index contributed by atoms with van der Waals surface area (Å²) in [7, 11) is 2.13. The first kappa shape index (κ1) is 21.0. The lowest BCUT2D eigenvalue weighted by Crippen LogP contribution is -2.44. The Hall–Kier alpha value is -2.28. The molecule has 6 nitrogen and oxygen atoms in total. The molecular formula is C23H28ClN3O3. The molecule has 1 amide bonds. The van der Waals surface area contributed by atoms with E-state index in [2.05, 4.69) is 40.4 Å². The first-order chi connectivity index (χ1) is 14.6. The number of likely N-dealkylation sites (N-methyl/N-ethyl adjacent to an activating group) is 1. The van der Waals surface area contributed by atoms with Crippen molar-refractivity contribution in [2.75, 3.05) is 57.9 Å². The zero-order valence-electron chi connectivity index (χ0n) is 17.3. The van der Waals surface area contributed by atoms with Gasteiger partial charge in [-0.3, -0.25) is 9.69 Å². The molecule has 2 aliphatic rings. The van der Waals surface area contributed by atoms with Gasteiger partial charge < -0.3 is 19.7 Å². The Labute approximate surface area is 182 Å². The van der Waals surface area contributed by atoms with Crippen molar-refractivity contribution in [3.63, 3.8) is 0 Å². The monoisotopic (exact) mass is 429 g/mol. The fraction of sp³-hybridized carbons (Fsp3) is 0.435. The molecule has 1 saturated heterocycles. The molecule has 0 radical (unpaired) electrons. The molecule has 0 unspecified atom stereocenters. The van der Waals surface area contributed by atoms with Gasteiger partial charge >= 0.3 is 0 Å². The number of rotatable bonds is 7. The van der Waals surface area contributed by atoms with Gasteiger partial charge in [0.05, 0.1) is 19.3 Å². The molecule has 1 atom stereocenters. The Balaban J connectivity index is 1.40. The van der Waals surface area contributed by atoms with Gasteiger partial charge in [-0.05, 0) is 47.9 Å². The zero-order valence-corrected chi connectivity index (χ0v) is 18.0. The molecule has 7 heteroatoms. The maximum Gasteiger partial charge on any atom is 0.258 e. The van der Waals surface area contributed by atoms with Crippen LogP contribution in [0.3, 0.4) is 0 Å². The minimum atomic E-state index is -0.135. The SMILES string of the molecule is CN1CCc2cc([C@@H](CNC(=O)COc3ccc(Cl)cc3)N3CCOCC3)ccc21. The number of ether oxygens (including phenoxy) is 2. The number of nitrogens with zero attached hydrogens (tertiary/aromatic N) is 2. The summed E-state index contributed by atoms with van der Waals surface area (Å²) in [4.78, 5) is 17.1. The highest BCUT2D eigenvalue weighted by molar-refractivity contribution is 6.30. The van der Waals surface area contributed by atoms with E-state index in [-0.39, 0.29) is 18.6 Å². The molecule has 30 heavy (non-hydrogen) atoms. The highest BCUT2D eigenvalue weighted by Gasteiger charge is 2.25. The second-order valence-electron chi connectivity index (χ2n) is 7.77. The smallest absolute Gasteiger partial charge is 0.258 e. The summed E-state index contributed by atoms with van der Waals surface area (Å²) >= 11 is 5.88. The molecule has 0 saturated carbocycles. The van der Waals surface area contributed by atoms with Crippen LogP contribution >= 0.6 is 11.6 Å². The standard InChI is InChI=1S/C23H28ClN3O3/c1-26-9-8-18-14-17(2-7-21(18)26)22(27-10-12-29-13-11-27)15-25-23(28)16-30-20-5-3-19(24)4-6-20/h2-7,14,22H,8-13,15-16H2,1H3,(H,25,28)/t22-/m1/s1. The van der Waals surface area contributed by atoms with Crippen LogP contribution in [0.25, 0.3) is 0 Å². The van der Waals surface area contributed by atoms with E-state index in [0.29, 0.717) is 17.3 Å². The molecule has 160 valence electrons. The third kappa shape index (κ3) is 5.06. The largest absolute Gasteiger partial charge is 0.484 e. The Bertz CT molecular complexity index is 868. The number of halogens is 1. The van der Waals surface area contributed by atoms with Crippen LogP contribution in [0.5, 0.6) is 5.75 Å². The van der Waals surface area contributed by atoms with Crippen LogP contribution in [0.1, 0.15) is 17.2 Å². The third-order valence-electron chi connectivity index (χ3n) is 5.78. The lowest BCUT2D eigenvalue weighted by atomic mass is 10.0. The first-order valence-corrected chi connectivity index (χ1v) is 10.8. The number of hydrogen-bond donors (Lipinski definition) is 1. The predicted octanol–water partition coefficient (Wildman–Crippen LogP) is 2.90. The van der Waals surface area contributed by atoms with E-state index in [0.717, 1.165) is 39.3 Å². The molecule has 4 rings (SSSR count). The van der Waals surface area contributed by atoms with Gasteiger partial charge in [-0.2, -0.15) is 0 Å². The van der Waals surface area contributed by atoms with E-state index in [4.69, 9.17) is 21.1 Å². The van der Waals surface area contributed by atoms with Gasteiger partial charge in [-0.1, -0.05) is 23.7 Å². The number of carbonyl (C=O) groups is 1. The zero-order chi connectivity index (χ0) is 20.9. The number of benzene rings is 2. The molecule has 2 aliphatic heterocycles. The van der Waals surface area contributed by atoms with Crippen LogP contribution in [0.2, 0.25) is 5.02 Å². The van der Waals surface area contributed by atoms with Gasteiger partial charge in [0.2, 0.25) is 0 Å². The summed E-state index contributed by atoms with van der Waals surface area (Å²) < 4.78 is 11.1. The molecule has 0 aliphatic carbocycles. The van der Waals surface area contributed by atoms with E-state index in [1.807, 2.05) is 0 Å². The summed E-state index contributed by atoms with van der Waals surface area (Å²) in [6.07, 6.45) is 1.07. The van der Waals surface area contributed by atoms with Crippen molar-refractivity contribution in [3.8, 4) is 5.75 Å². The highest BCUT2D eigenvalue weighted by Crippen LogP contribution is 2.31. The van der Waals surface area contributed by atoms with Crippen molar-refractivity contribution in [2.24, 2.45) is 0 Å². The predicted molar refractivity (Wildman–Crippen MR) is 119 cm³/mol. The average molecular weight is 430 g/mol. The molecule has 2 aromatic rings. The quantitative estimate of drug-likeness (QED) is 0.733. The van der Waals surface area contributed by atoms with Crippen molar-refractivity contribution in [1.82, 2.24) is 10.2 Å². The highest BCUT2D eigenvalue weighted by atomic mass is 35.5. The van der Waals surface area contributed by atoms with Crippen molar-refractivity contribution in [1.29, 1.82) is 0 Å². The van der Waals surface area contributed by atoms with Crippen molar-refractivity contribution in [2.45, 2.75) is 12.5 Å². The van der Waals surface area contributed by atoms with Crippen molar-refractivity contribution >= 4 is 23.2 Å². The van der Waals surface area contributed by atoms with Crippen LogP contribution in [0, 0.1) is 0 Å². The number of carbonyl (C=O) groups excluding carboxylic acids is 1. The number of anilines is 1. The molecule has 0 bridgehead atoms. The molecular weight excluding hydrogens is 402 g/mol. The summed E-state index contributed by atoms with van der Waals surface area (Å²) in [5.74, 6) is 0.492. The third-order valence-corrected chi connectivity index (χ3v) is 6.03. The molecule has 2 heterocycles. The fourth-order valence-electron chi connectivity index (χ4n) is 4.08. The van der Waals surface area contributed by atoms with Gasteiger partial charge in [0, 0.05) is 43.9 Å². The van der Waals surface area contributed by atoms with E-state index >= 15 is 0 Å². The van der Waals surface area contributed by atoms with Gasteiger partial charge in [0.25, 0.3) is 5.91 Å². The lowest BCUT2D eigenvalue weighted by molar-refractivity contribution is -0.123. The summed E-state index contributed by atoms with van der Waals surface area (Å²) in [5, 5.41) is 3.69. The van der Waals surface area contributed by atoms with Gasteiger partial charge in [-0.25, -0.2) is 0 Å². The molecule has 0 spiro atoms. The van der Waals surface area contributed by atoms with Crippen LogP contribution in [-0.2, 0) is 16.0 Å². The van der Waals surface area contributed by atoms with Crippen molar-refractivity contribution < 1.29 is 14.3 Å². The van der Waals surface area contributed by atoms with Crippen LogP contribution in [0.4, 0.5) is 5.69 Å². The fourth-order valence-corrected chi connectivity index (χ4v) is 4.21. The van der Waals surface area contributed by atoms with Gasteiger partial charge in [0.1, 0.15) is 5.75 Å². The van der Waals surface area contributed by atoms with Gasteiger partial charge in [0.15, 0.2) is 6.61 Å². The number of nitrogens with one attached hydrogen (secondary N) is 1. The van der Waals surface area contributed by atoms with E-state index < -0.39 is 0 Å². The Kier molecular flexibility index (Phi) is 6.77. The van der Waals surface area contributed by atoms with Crippen LogP contribution in [0.15, 0.2) is 42.5 Å². The molecule has 1 fully saturated rings. The maximum atomic E-state index is 12.4. The number of hydrogen-bond acceptors (Lipinski definition) is 5. The first-order valence-electron chi connectivity index (χ1n) is 10.4. The lowest BCUT2D eigenvalue weighted by Gasteiger charge is -2.35. The van der Waals surface area contributed by atoms with Gasteiger partial charge in [-0.15, -0.1) is 0 Å². The Morgan fingerprint density at radius 1 is 1.17 bits per heavy atom. The van der Waals surface area contributed by atoms with E-state index in [1.54, 1.807) is 24.3 Å². The molecule has 0 aromatic heterocycles. The average Bonchev–Trinajstić information content (AvgIpc) is 3.14. The van der Waals surface area contributed by atoms with E-state index in [1.165, 1.54) is 16.8 Å². The Morgan fingerprint density at radius 3 is 2.70 bits per heavy atom. The van der Waals surface area contributed by atoms with Crippen LogP contribution < -0.4 is 15.0 Å². The summed E-state index contributed by atoms with van der Waals surface area (Å²) in [6.45, 7) is 4.73. The maximum absolute atomic E-state index is 12.4. The topological polar surface area (TPSA) is 54.0 Å². The number of fused-ring (bicyclic) bond motifs is 1. The minimum Gasteiger partial charge on any atom is -0.484 e. The van der Waals surface area contributed by atoms with Crippen molar-refractivity contribution in [3.05, 3.63) is 58.6 Å². The normalized spacial score (nSPS) is 17.5. The molecule has 1 N–H and O–H groups in total. The van der Waals surface area contributed by atoms with E-state index in [9.17, 15) is 4.79 Å². The second-order valence-corrected chi connectivity index (χ2v) is 8.21. The number of amides is 1. The summed E-state index contributed by atoms with van der Waals surface area (Å²) in [6, 6.07) is 13.8. The number of morpholine rings is 1.